The second-order valence-electron chi connectivity index (χ2n) is 10.4. The standard InChI is InChI=1S/C24H30N2O4/c27-22-8-18(13-26(22)19-1-2-20-21(9-19)30-4-3-29-20)23(28)25-14-24-10-15-5-16(11-24)7-17(6-15)12-24/h1-2,9,15-18H,3-8,10-14H2,(H,25,28)/t15?,16?,17?,18-,24?/m0/s1. The summed E-state index contributed by atoms with van der Waals surface area (Å²) >= 11 is 0. The molecule has 160 valence electrons. The van der Waals surface area contributed by atoms with Crippen LogP contribution in [-0.2, 0) is 9.59 Å². The van der Waals surface area contributed by atoms with Gasteiger partial charge in [-0.15, -0.1) is 0 Å². The Morgan fingerprint density at radius 1 is 1.03 bits per heavy atom. The van der Waals surface area contributed by atoms with Gasteiger partial charge in [-0.3, -0.25) is 9.59 Å². The molecule has 30 heavy (non-hydrogen) atoms. The van der Waals surface area contributed by atoms with E-state index in [-0.39, 0.29) is 24.2 Å². The van der Waals surface area contributed by atoms with Crippen LogP contribution in [0.3, 0.4) is 0 Å². The van der Waals surface area contributed by atoms with E-state index >= 15 is 0 Å². The van der Waals surface area contributed by atoms with Crippen molar-refractivity contribution in [3.05, 3.63) is 18.2 Å². The Morgan fingerprint density at radius 2 is 1.70 bits per heavy atom. The van der Waals surface area contributed by atoms with Crippen molar-refractivity contribution in [2.75, 3.05) is 31.2 Å². The molecule has 1 saturated heterocycles. The Kier molecular flexibility index (Phi) is 4.26. The largest absolute Gasteiger partial charge is 0.486 e. The van der Waals surface area contributed by atoms with Gasteiger partial charge in [-0.2, -0.15) is 0 Å². The number of fused-ring (bicyclic) bond motifs is 1. The maximum atomic E-state index is 13.0. The van der Waals surface area contributed by atoms with Gasteiger partial charge < -0.3 is 19.7 Å². The fraction of sp³-hybridized carbons (Fsp3) is 0.667. The van der Waals surface area contributed by atoms with Gasteiger partial charge in [0, 0.05) is 31.3 Å². The van der Waals surface area contributed by atoms with Crippen LogP contribution in [0.5, 0.6) is 11.5 Å². The van der Waals surface area contributed by atoms with Crippen molar-refractivity contribution in [3.63, 3.8) is 0 Å². The minimum Gasteiger partial charge on any atom is -0.486 e. The zero-order valence-corrected chi connectivity index (χ0v) is 17.4. The molecular weight excluding hydrogens is 380 g/mol. The lowest BCUT2D eigenvalue weighted by atomic mass is 9.49. The maximum absolute atomic E-state index is 13.0. The van der Waals surface area contributed by atoms with Gasteiger partial charge in [0.2, 0.25) is 11.8 Å². The zero-order valence-electron chi connectivity index (χ0n) is 17.4. The molecule has 5 fully saturated rings. The number of benzene rings is 1. The number of ether oxygens (including phenoxy) is 2. The number of anilines is 1. The molecule has 1 aromatic rings. The van der Waals surface area contributed by atoms with Gasteiger partial charge in [0.1, 0.15) is 13.2 Å². The quantitative estimate of drug-likeness (QED) is 0.828. The average molecular weight is 411 g/mol. The van der Waals surface area contributed by atoms with Crippen LogP contribution in [0.15, 0.2) is 18.2 Å². The van der Waals surface area contributed by atoms with E-state index in [0.29, 0.717) is 36.7 Å². The van der Waals surface area contributed by atoms with Crippen LogP contribution in [0.1, 0.15) is 44.9 Å². The summed E-state index contributed by atoms with van der Waals surface area (Å²) in [5, 5.41) is 3.26. The van der Waals surface area contributed by atoms with Crippen LogP contribution >= 0.6 is 0 Å². The molecular formula is C24H30N2O4. The molecule has 6 aliphatic rings. The Morgan fingerprint density at radius 3 is 2.40 bits per heavy atom. The first-order valence-corrected chi connectivity index (χ1v) is 11.5. The number of hydrogen-bond acceptors (Lipinski definition) is 4. The maximum Gasteiger partial charge on any atom is 0.227 e. The average Bonchev–Trinajstić information content (AvgIpc) is 3.12. The monoisotopic (exact) mass is 410 g/mol. The summed E-state index contributed by atoms with van der Waals surface area (Å²) in [6, 6.07) is 5.57. The molecule has 1 aromatic carbocycles. The molecule has 2 heterocycles. The predicted molar refractivity (Wildman–Crippen MR) is 112 cm³/mol. The lowest BCUT2D eigenvalue weighted by molar-refractivity contribution is -0.128. The lowest BCUT2D eigenvalue weighted by Crippen LogP contribution is -2.51. The van der Waals surface area contributed by atoms with E-state index in [1.54, 1.807) is 4.90 Å². The molecule has 2 aliphatic heterocycles. The number of hydrogen-bond donors (Lipinski definition) is 1. The van der Waals surface area contributed by atoms with Gasteiger partial charge in [-0.1, -0.05) is 0 Å². The SMILES string of the molecule is O=C(NCC12CC3CC(CC(C3)C1)C2)[C@H]1CC(=O)N(c2ccc3c(c2)OCCO3)C1. The molecule has 6 nitrogen and oxygen atoms in total. The van der Waals surface area contributed by atoms with Gasteiger partial charge in [0.15, 0.2) is 11.5 Å². The smallest absolute Gasteiger partial charge is 0.227 e. The minimum absolute atomic E-state index is 0.00151. The van der Waals surface area contributed by atoms with Crippen molar-refractivity contribution >= 4 is 17.5 Å². The van der Waals surface area contributed by atoms with Crippen molar-refractivity contribution in [1.29, 1.82) is 0 Å². The molecule has 6 heteroatoms. The van der Waals surface area contributed by atoms with Gasteiger partial charge in [-0.25, -0.2) is 0 Å². The first-order valence-electron chi connectivity index (χ1n) is 11.5. The summed E-state index contributed by atoms with van der Waals surface area (Å²) < 4.78 is 11.2. The first kappa shape index (κ1) is 18.5. The number of amides is 2. The number of carbonyl (C=O) groups excluding carboxylic acids is 2. The highest BCUT2D eigenvalue weighted by Gasteiger charge is 2.51. The molecule has 0 radical (unpaired) electrons. The fourth-order valence-corrected chi connectivity index (χ4v) is 7.26. The summed E-state index contributed by atoms with van der Waals surface area (Å²) in [5.74, 6) is 3.79. The third kappa shape index (κ3) is 3.15. The van der Waals surface area contributed by atoms with Crippen molar-refractivity contribution in [1.82, 2.24) is 5.32 Å². The third-order valence-electron chi connectivity index (χ3n) is 8.14. The van der Waals surface area contributed by atoms with E-state index < -0.39 is 0 Å². The Bertz CT molecular complexity index is 847. The summed E-state index contributed by atoms with van der Waals surface area (Å²) in [6.07, 6.45) is 8.37. The van der Waals surface area contributed by atoms with Crippen LogP contribution < -0.4 is 19.7 Å². The van der Waals surface area contributed by atoms with Gasteiger partial charge in [-0.05, 0) is 73.8 Å². The van der Waals surface area contributed by atoms with E-state index in [4.69, 9.17) is 9.47 Å². The van der Waals surface area contributed by atoms with E-state index in [0.717, 1.165) is 30.0 Å². The molecule has 4 aliphatic carbocycles. The van der Waals surface area contributed by atoms with Crippen LogP contribution in [0, 0.1) is 29.1 Å². The van der Waals surface area contributed by atoms with Gasteiger partial charge in [0.05, 0.1) is 5.92 Å². The molecule has 1 N–H and O–H groups in total. The highest BCUT2D eigenvalue weighted by molar-refractivity contribution is 6.00. The van der Waals surface area contributed by atoms with Crippen molar-refractivity contribution in [2.24, 2.45) is 29.1 Å². The topological polar surface area (TPSA) is 67.9 Å². The summed E-state index contributed by atoms with van der Waals surface area (Å²) in [5.41, 5.74) is 1.10. The predicted octanol–water partition coefficient (Wildman–Crippen LogP) is 3.14. The first-order chi connectivity index (χ1) is 14.6. The second kappa shape index (κ2) is 6.89. The number of nitrogens with zero attached hydrogens (tertiary/aromatic N) is 1. The highest BCUT2D eigenvalue weighted by Crippen LogP contribution is 2.59. The second-order valence-corrected chi connectivity index (χ2v) is 10.4. The molecule has 7 rings (SSSR count). The molecule has 4 saturated carbocycles. The Labute approximate surface area is 177 Å². The molecule has 2 amide bonds. The van der Waals surface area contributed by atoms with Gasteiger partial charge >= 0.3 is 0 Å². The van der Waals surface area contributed by atoms with Crippen LogP contribution in [0.4, 0.5) is 5.69 Å². The number of rotatable bonds is 4. The third-order valence-corrected chi connectivity index (χ3v) is 8.14. The zero-order chi connectivity index (χ0) is 20.3. The number of carbonyl (C=O) groups is 2. The van der Waals surface area contributed by atoms with E-state index in [1.807, 2.05) is 18.2 Å². The molecule has 4 bridgehead atoms. The Hall–Kier alpha value is -2.24. The van der Waals surface area contributed by atoms with Crippen LogP contribution in [-0.4, -0.2) is 38.1 Å². The van der Waals surface area contributed by atoms with E-state index in [2.05, 4.69) is 5.32 Å². The molecule has 1 atom stereocenters. The van der Waals surface area contributed by atoms with Crippen molar-refractivity contribution in [2.45, 2.75) is 44.9 Å². The molecule has 0 unspecified atom stereocenters. The summed E-state index contributed by atoms with van der Waals surface area (Å²) in [6.45, 7) is 2.29. The van der Waals surface area contributed by atoms with Crippen molar-refractivity contribution < 1.29 is 19.1 Å². The van der Waals surface area contributed by atoms with Crippen LogP contribution in [0.25, 0.3) is 0 Å². The summed E-state index contributed by atoms with van der Waals surface area (Å²) in [7, 11) is 0. The minimum atomic E-state index is -0.278. The van der Waals surface area contributed by atoms with E-state index in [1.165, 1.54) is 38.5 Å². The summed E-state index contributed by atoms with van der Waals surface area (Å²) in [4.78, 5) is 27.3. The van der Waals surface area contributed by atoms with Gasteiger partial charge in [0.25, 0.3) is 0 Å². The molecule has 0 spiro atoms. The molecule has 0 aromatic heterocycles. The number of nitrogens with one attached hydrogen (secondary N) is 1. The highest BCUT2D eigenvalue weighted by atomic mass is 16.6. The Balaban J connectivity index is 1.10. The van der Waals surface area contributed by atoms with Crippen molar-refractivity contribution in [3.8, 4) is 11.5 Å². The lowest BCUT2D eigenvalue weighted by Gasteiger charge is -2.57. The van der Waals surface area contributed by atoms with E-state index in [9.17, 15) is 9.59 Å². The normalized spacial score (nSPS) is 36.3. The van der Waals surface area contributed by atoms with Crippen LogP contribution in [0.2, 0.25) is 0 Å². The fourth-order valence-electron chi connectivity index (χ4n) is 7.26.